The molecule has 0 bridgehead atoms. The van der Waals surface area contributed by atoms with Crippen molar-refractivity contribution in [1.82, 2.24) is 0 Å². The second kappa shape index (κ2) is 4.63. The Kier molecular flexibility index (Phi) is 3.92. The topological polar surface area (TPSA) is 57.2 Å². The summed E-state index contributed by atoms with van der Waals surface area (Å²) in [4.78, 5) is -0.168. The summed E-state index contributed by atoms with van der Waals surface area (Å²) in [6.45, 7) is 0. The first kappa shape index (κ1) is 12.7. The van der Waals surface area contributed by atoms with Gasteiger partial charge in [0.15, 0.2) is 0 Å². The average molecular weight is 230 g/mol. The molecule has 0 saturated heterocycles. The van der Waals surface area contributed by atoms with Gasteiger partial charge < -0.3 is 4.55 Å². The van der Waals surface area contributed by atoms with Gasteiger partial charge in [-0.1, -0.05) is 30.3 Å². The molecule has 2 aliphatic carbocycles. The van der Waals surface area contributed by atoms with Crippen molar-refractivity contribution in [2.45, 2.75) is 4.90 Å². The summed E-state index contributed by atoms with van der Waals surface area (Å²) >= 11 is 0. The van der Waals surface area contributed by atoms with Gasteiger partial charge in [0.05, 0.1) is 4.90 Å². The molecule has 0 heterocycles. The molecule has 0 aromatic rings. The van der Waals surface area contributed by atoms with E-state index in [-0.39, 0.29) is 34.5 Å². The maximum absolute atomic E-state index is 10.7. The van der Waals surface area contributed by atoms with Crippen molar-refractivity contribution in [3.05, 3.63) is 42.5 Å². The SMILES string of the molecule is O=S(=O)([O-])c1cc2cccccc-2c1.[Na+]. The second-order valence-corrected chi connectivity index (χ2v) is 4.35. The standard InChI is InChI=1S/C10H8O3S.Na/c11-14(12,13)10-6-8-4-2-1-3-5-9(8)7-10;/h1-7H,(H,11,12,13);/q;+1/p-1. The molecule has 2 aliphatic rings. The molecule has 0 amide bonds. The zero-order chi connectivity index (χ0) is 10.2. The molecule has 0 radical (unpaired) electrons. The molecule has 0 aromatic carbocycles. The van der Waals surface area contributed by atoms with E-state index >= 15 is 0 Å². The molecule has 0 saturated carbocycles. The largest absolute Gasteiger partial charge is 1.00 e. The van der Waals surface area contributed by atoms with Gasteiger partial charge in [-0.15, -0.1) is 0 Å². The quantitative estimate of drug-likeness (QED) is 0.452. The minimum atomic E-state index is -4.34. The van der Waals surface area contributed by atoms with E-state index in [1.165, 1.54) is 12.1 Å². The molecule has 3 nitrogen and oxygen atoms in total. The molecular formula is C10H7NaO3S. The van der Waals surface area contributed by atoms with Crippen molar-refractivity contribution in [2.75, 3.05) is 0 Å². The third-order valence-corrected chi connectivity index (χ3v) is 2.80. The van der Waals surface area contributed by atoms with Crippen LogP contribution in [0.3, 0.4) is 0 Å². The van der Waals surface area contributed by atoms with Crippen LogP contribution in [0.5, 0.6) is 0 Å². The van der Waals surface area contributed by atoms with Crippen LogP contribution in [-0.4, -0.2) is 13.0 Å². The molecule has 0 fully saturated rings. The molecule has 2 rings (SSSR count). The Morgan fingerprint density at radius 2 is 1.40 bits per heavy atom. The van der Waals surface area contributed by atoms with E-state index in [0.29, 0.717) is 0 Å². The van der Waals surface area contributed by atoms with Crippen LogP contribution in [0.25, 0.3) is 11.1 Å². The van der Waals surface area contributed by atoms with E-state index in [4.69, 9.17) is 0 Å². The van der Waals surface area contributed by atoms with Crippen LogP contribution in [0.2, 0.25) is 0 Å². The number of fused-ring (bicyclic) bond motifs is 1. The van der Waals surface area contributed by atoms with E-state index in [1.807, 2.05) is 6.07 Å². The van der Waals surface area contributed by atoms with Crippen molar-refractivity contribution >= 4 is 10.1 Å². The predicted molar refractivity (Wildman–Crippen MR) is 51.0 cm³/mol. The summed E-state index contributed by atoms with van der Waals surface area (Å²) in [5.41, 5.74) is 1.51. The first-order valence-electron chi connectivity index (χ1n) is 4.02. The monoisotopic (exact) mass is 230 g/mol. The summed E-state index contributed by atoms with van der Waals surface area (Å²) in [6, 6.07) is 11.7. The summed E-state index contributed by atoms with van der Waals surface area (Å²) in [7, 11) is -4.34. The first-order valence-corrected chi connectivity index (χ1v) is 5.43. The summed E-state index contributed by atoms with van der Waals surface area (Å²) < 4.78 is 32.2. The van der Waals surface area contributed by atoms with Crippen LogP contribution in [0, 0.1) is 0 Å². The van der Waals surface area contributed by atoms with Gasteiger partial charge in [-0.2, -0.15) is 0 Å². The molecule has 0 N–H and O–H groups in total. The molecule has 5 heteroatoms. The van der Waals surface area contributed by atoms with Crippen LogP contribution < -0.4 is 29.6 Å². The van der Waals surface area contributed by atoms with Crippen LogP contribution in [0.4, 0.5) is 0 Å². The van der Waals surface area contributed by atoms with Crippen molar-refractivity contribution in [3.63, 3.8) is 0 Å². The van der Waals surface area contributed by atoms with E-state index < -0.39 is 10.1 Å². The number of rotatable bonds is 1. The van der Waals surface area contributed by atoms with Crippen molar-refractivity contribution in [2.24, 2.45) is 0 Å². The van der Waals surface area contributed by atoms with Crippen LogP contribution in [0.1, 0.15) is 0 Å². The Labute approximate surface area is 111 Å². The fourth-order valence-electron chi connectivity index (χ4n) is 1.33. The minimum absolute atomic E-state index is 0. The maximum Gasteiger partial charge on any atom is 1.00 e. The number of hydrogen-bond acceptors (Lipinski definition) is 3. The van der Waals surface area contributed by atoms with Gasteiger partial charge in [0.2, 0.25) is 0 Å². The Morgan fingerprint density at radius 1 is 0.933 bits per heavy atom. The third-order valence-electron chi connectivity index (χ3n) is 1.99. The Morgan fingerprint density at radius 3 is 1.80 bits per heavy atom. The molecule has 0 atom stereocenters. The molecule has 72 valence electrons. The van der Waals surface area contributed by atoms with Crippen LogP contribution in [-0.2, 0) is 10.1 Å². The Hall–Kier alpha value is -0.390. The molecular weight excluding hydrogens is 223 g/mol. The molecule has 0 aliphatic heterocycles. The zero-order valence-corrected chi connectivity index (χ0v) is 11.0. The predicted octanol–water partition coefficient (Wildman–Crippen LogP) is -1.30. The number of hydrogen-bond donors (Lipinski definition) is 0. The zero-order valence-electron chi connectivity index (χ0n) is 8.17. The van der Waals surface area contributed by atoms with Gasteiger partial charge in [-0.3, -0.25) is 0 Å². The van der Waals surface area contributed by atoms with Crippen molar-refractivity contribution in [1.29, 1.82) is 0 Å². The van der Waals surface area contributed by atoms with E-state index in [0.717, 1.165) is 11.1 Å². The summed E-state index contributed by atoms with van der Waals surface area (Å²) in [6.07, 6.45) is 0. The van der Waals surface area contributed by atoms with E-state index in [9.17, 15) is 13.0 Å². The van der Waals surface area contributed by atoms with Crippen LogP contribution >= 0.6 is 0 Å². The van der Waals surface area contributed by atoms with Crippen LogP contribution in [0.15, 0.2) is 47.4 Å². The smallest absolute Gasteiger partial charge is 0.744 e. The van der Waals surface area contributed by atoms with Crippen molar-refractivity contribution in [3.8, 4) is 11.1 Å². The average Bonchev–Trinajstić information content (AvgIpc) is 2.38. The fourth-order valence-corrected chi connectivity index (χ4v) is 1.87. The molecule has 0 aromatic heterocycles. The summed E-state index contributed by atoms with van der Waals surface area (Å²) in [5, 5.41) is 0. The van der Waals surface area contributed by atoms with Gasteiger partial charge in [0.25, 0.3) is 0 Å². The first-order chi connectivity index (χ1) is 6.57. The Balaban J connectivity index is 0.00000112. The third kappa shape index (κ3) is 2.80. The van der Waals surface area contributed by atoms with Crippen molar-refractivity contribution < 1.29 is 42.5 Å². The fraction of sp³-hybridized carbons (Fsp3) is 0. The Bertz CT molecular complexity index is 506. The van der Waals surface area contributed by atoms with Gasteiger partial charge in [-0.05, 0) is 23.3 Å². The van der Waals surface area contributed by atoms with Gasteiger partial charge in [-0.25, -0.2) is 8.42 Å². The minimum Gasteiger partial charge on any atom is -0.744 e. The van der Waals surface area contributed by atoms with Gasteiger partial charge >= 0.3 is 29.6 Å². The van der Waals surface area contributed by atoms with Gasteiger partial charge in [0.1, 0.15) is 10.1 Å². The normalized spacial score (nSPS) is 11.0. The van der Waals surface area contributed by atoms with Gasteiger partial charge in [0, 0.05) is 0 Å². The summed E-state index contributed by atoms with van der Waals surface area (Å²) in [5.74, 6) is 0. The van der Waals surface area contributed by atoms with E-state index in [2.05, 4.69) is 0 Å². The second-order valence-electron chi connectivity index (χ2n) is 2.97. The molecule has 0 spiro atoms. The molecule has 15 heavy (non-hydrogen) atoms. The maximum atomic E-state index is 10.7. The molecule has 0 unspecified atom stereocenters. The van der Waals surface area contributed by atoms with E-state index in [1.54, 1.807) is 24.3 Å².